The Balaban J connectivity index is 1.37. The maximum Gasteiger partial charge on any atom is 0.227 e. The average Bonchev–Trinajstić information content (AvgIpc) is 3.05. The fourth-order valence-electron chi connectivity index (χ4n) is 6.17. The van der Waals surface area contributed by atoms with E-state index in [1.807, 2.05) is 0 Å². The van der Waals surface area contributed by atoms with E-state index in [2.05, 4.69) is 10.1 Å². The van der Waals surface area contributed by atoms with E-state index >= 15 is 0 Å². The second-order valence-corrected chi connectivity index (χ2v) is 8.47. The van der Waals surface area contributed by atoms with Crippen LogP contribution in [0.25, 0.3) is 0 Å². The van der Waals surface area contributed by atoms with Crippen LogP contribution in [-0.2, 0) is 11.2 Å². The number of aromatic nitrogens is 2. The van der Waals surface area contributed by atoms with Crippen LogP contribution in [0.5, 0.6) is 0 Å². The van der Waals surface area contributed by atoms with E-state index in [1.54, 1.807) is 0 Å². The number of ether oxygens (including phenoxy) is 1. The Labute approximate surface area is 130 Å². The van der Waals surface area contributed by atoms with E-state index in [1.165, 1.54) is 19.3 Å². The first-order valence-corrected chi connectivity index (χ1v) is 8.74. The lowest BCUT2D eigenvalue weighted by Gasteiger charge is -2.60. The SMILES string of the molecule is OC12C[C@H]3C[C@H](C1)CC(Cc1nc([C@@H]4CCOC4)no1)(C3)C2. The van der Waals surface area contributed by atoms with Crippen LogP contribution < -0.4 is 0 Å². The number of hydrogen-bond donors (Lipinski definition) is 1. The summed E-state index contributed by atoms with van der Waals surface area (Å²) in [5.41, 5.74) is -0.207. The number of nitrogens with zero attached hydrogens (tertiary/aromatic N) is 2. The molecule has 0 amide bonds. The molecular weight excluding hydrogens is 280 g/mol. The Kier molecular flexibility index (Phi) is 2.79. The van der Waals surface area contributed by atoms with Gasteiger partial charge < -0.3 is 14.4 Å². The van der Waals surface area contributed by atoms with Gasteiger partial charge in [-0.25, -0.2) is 0 Å². The Morgan fingerprint density at radius 2 is 2.00 bits per heavy atom. The normalized spacial score (nSPS) is 46.5. The molecule has 4 bridgehead atoms. The molecule has 0 aromatic carbocycles. The Hall–Kier alpha value is -0.940. The van der Waals surface area contributed by atoms with Gasteiger partial charge in [-0.2, -0.15) is 4.98 Å². The van der Waals surface area contributed by atoms with Gasteiger partial charge in [-0.1, -0.05) is 5.16 Å². The van der Waals surface area contributed by atoms with Gasteiger partial charge in [-0.15, -0.1) is 0 Å². The summed E-state index contributed by atoms with van der Waals surface area (Å²) in [6.45, 7) is 1.52. The minimum Gasteiger partial charge on any atom is -0.390 e. The molecule has 1 aromatic heterocycles. The van der Waals surface area contributed by atoms with Gasteiger partial charge in [-0.05, 0) is 62.2 Å². The highest BCUT2D eigenvalue weighted by molar-refractivity contribution is 5.11. The van der Waals surface area contributed by atoms with Crippen LogP contribution in [-0.4, -0.2) is 34.1 Å². The highest BCUT2D eigenvalue weighted by Gasteiger charge is 2.57. The van der Waals surface area contributed by atoms with Gasteiger partial charge in [-0.3, -0.25) is 0 Å². The topological polar surface area (TPSA) is 68.4 Å². The van der Waals surface area contributed by atoms with Crippen molar-refractivity contribution in [2.45, 2.75) is 62.9 Å². The molecule has 4 aliphatic carbocycles. The maximum absolute atomic E-state index is 10.8. The molecule has 0 radical (unpaired) electrons. The van der Waals surface area contributed by atoms with E-state index in [4.69, 9.17) is 9.26 Å². The summed E-state index contributed by atoms with van der Waals surface area (Å²) in [4.78, 5) is 4.65. The highest BCUT2D eigenvalue weighted by atomic mass is 16.5. The molecule has 1 aromatic rings. The average molecular weight is 304 g/mol. The molecule has 120 valence electrons. The summed E-state index contributed by atoms with van der Waals surface area (Å²) in [5, 5.41) is 15.0. The Morgan fingerprint density at radius 1 is 1.18 bits per heavy atom. The van der Waals surface area contributed by atoms with Crippen LogP contribution in [0.4, 0.5) is 0 Å². The third kappa shape index (κ3) is 2.13. The molecule has 5 nitrogen and oxygen atoms in total. The van der Waals surface area contributed by atoms with Crippen LogP contribution in [0.3, 0.4) is 0 Å². The smallest absolute Gasteiger partial charge is 0.227 e. The van der Waals surface area contributed by atoms with Gasteiger partial charge in [0, 0.05) is 18.9 Å². The fraction of sp³-hybridized carbons (Fsp3) is 0.882. The second-order valence-electron chi connectivity index (χ2n) is 8.47. The summed E-state index contributed by atoms with van der Waals surface area (Å²) < 4.78 is 11.0. The Bertz CT molecular complexity index is 564. The lowest BCUT2D eigenvalue weighted by molar-refractivity contribution is -0.164. The number of rotatable bonds is 3. The lowest BCUT2D eigenvalue weighted by Crippen LogP contribution is -2.56. The minimum atomic E-state index is -0.410. The molecule has 1 N–H and O–H groups in total. The van der Waals surface area contributed by atoms with Gasteiger partial charge in [0.05, 0.1) is 12.2 Å². The van der Waals surface area contributed by atoms with Crippen molar-refractivity contribution >= 4 is 0 Å². The molecule has 1 aliphatic heterocycles. The molecule has 5 aliphatic rings. The first kappa shape index (κ1) is 13.5. The van der Waals surface area contributed by atoms with E-state index < -0.39 is 5.60 Å². The summed E-state index contributed by atoms with van der Waals surface area (Å²) in [5.74, 6) is 3.30. The van der Waals surface area contributed by atoms with Crippen LogP contribution >= 0.6 is 0 Å². The van der Waals surface area contributed by atoms with Crippen molar-refractivity contribution in [1.29, 1.82) is 0 Å². The predicted octanol–water partition coefficient (Wildman–Crippen LogP) is 2.45. The van der Waals surface area contributed by atoms with Gasteiger partial charge >= 0.3 is 0 Å². The van der Waals surface area contributed by atoms with Gasteiger partial charge in [0.1, 0.15) is 0 Å². The van der Waals surface area contributed by atoms with Gasteiger partial charge in [0.2, 0.25) is 5.89 Å². The predicted molar refractivity (Wildman–Crippen MR) is 78.2 cm³/mol. The second kappa shape index (κ2) is 4.54. The van der Waals surface area contributed by atoms with Crippen molar-refractivity contribution in [3.05, 3.63) is 11.7 Å². The van der Waals surface area contributed by atoms with E-state index in [0.717, 1.165) is 50.4 Å². The number of hydrogen-bond acceptors (Lipinski definition) is 5. The largest absolute Gasteiger partial charge is 0.390 e. The zero-order chi connectivity index (χ0) is 14.8. The van der Waals surface area contributed by atoms with Crippen LogP contribution in [0.15, 0.2) is 4.52 Å². The molecule has 3 atom stereocenters. The molecule has 4 saturated carbocycles. The van der Waals surface area contributed by atoms with E-state index in [0.29, 0.717) is 24.4 Å². The molecule has 5 heteroatoms. The molecule has 5 fully saturated rings. The molecule has 22 heavy (non-hydrogen) atoms. The van der Waals surface area contributed by atoms with Gasteiger partial charge in [0.25, 0.3) is 0 Å². The first-order valence-electron chi connectivity index (χ1n) is 8.74. The van der Waals surface area contributed by atoms with Crippen molar-refractivity contribution in [1.82, 2.24) is 10.1 Å². The third-order valence-corrected chi connectivity index (χ3v) is 6.46. The highest BCUT2D eigenvalue weighted by Crippen LogP contribution is 2.62. The summed E-state index contributed by atoms with van der Waals surface area (Å²) >= 11 is 0. The number of aliphatic hydroxyl groups is 1. The molecule has 0 spiro atoms. The quantitative estimate of drug-likeness (QED) is 0.929. The lowest BCUT2D eigenvalue weighted by atomic mass is 9.47. The molecule has 2 heterocycles. The van der Waals surface area contributed by atoms with Crippen LogP contribution in [0.1, 0.15) is 62.6 Å². The first-order chi connectivity index (χ1) is 10.6. The zero-order valence-corrected chi connectivity index (χ0v) is 13.0. The van der Waals surface area contributed by atoms with Crippen molar-refractivity contribution in [2.24, 2.45) is 17.3 Å². The van der Waals surface area contributed by atoms with Gasteiger partial charge in [0.15, 0.2) is 5.82 Å². The van der Waals surface area contributed by atoms with E-state index in [9.17, 15) is 5.11 Å². The molecular formula is C17H24N2O3. The summed E-state index contributed by atoms with van der Waals surface area (Å²) in [6.07, 6.45) is 8.58. The third-order valence-electron chi connectivity index (χ3n) is 6.46. The molecule has 1 saturated heterocycles. The van der Waals surface area contributed by atoms with E-state index in [-0.39, 0.29) is 5.41 Å². The van der Waals surface area contributed by atoms with Crippen molar-refractivity contribution in [3.8, 4) is 0 Å². The minimum absolute atomic E-state index is 0.203. The van der Waals surface area contributed by atoms with Crippen molar-refractivity contribution in [3.63, 3.8) is 0 Å². The molecule has 6 rings (SSSR count). The fourth-order valence-corrected chi connectivity index (χ4v) is 6.17. The van der Waals surface area contributed by atoms with Crippen LogP contribution in [0.2, 0.25) is 0 Å². The zero-order valence-electron chi connectivity index (χ0n) is 13.0. The Morgan fingerprint density at radius 3 is 2.68 bits per heavy atom. The monoisotopic (exact) mass is 304 g/mol. The summed E-state index contributed by atoms with van der Waals surface area (Å²) in [6, 6.07) is 0. The standard InChI is InChI=1S/C17H24N2O3/c20-17-6-11-3-12(7-17)5-16(4-11,10-17)8-14-18-15(19-22-14)13-1-2-21-9-13/h11-13,20H,1-10H2/t11-,12-,13+,16?,17?/m0/s1. The summed E-state index contributed by atoms with van der Waals surface area (Å²) in [7, 11) is 0. The molecule has 0 unspecified atom stereocenters. The van der Waals surface area contributed by atoms with Crippen LogP contribution in [0, 0.1) is 17.3 Å². The van der Waals surface area contributed by atoms with Crippen molar-refractivity contribution < 1.29 is 14.4 Å². The maximum atomic E-state index is 10.8. The van der Waals surface area contributed by atoms with Crippen molar-refractivity contribution in [2.75, 3.05) is 13.2 Å².